The minimum atomic E-state index is -0.912. The molecule has 0 fully saturated rings. The Balaban J connectivity index is 2.95. The van der Waals surface area contributed by atoms with Crippen molar-refractivity contribution in [2.45, 2.75) is 40.0 Å². The lowest BCUT2D eigenvalue weighted by atomic mass is 10.2. The molecule has 0 amide bonds. The first-order valence-corrected chi connectivity index (χ1v) is 6.52. The van der Waals surface area contributed by atoms with Crippen LogP contribution >= 0.6 is 11.6 Å². The van der Waals surface area contributed by atoms with Crippen LogP contribution in [0.4, 0.5) is 0 Å². The van der Waals surface area contributed by atoms with Crippen LogP contribution in [-0.2, 0) is 16.0 Å². The van der Waals surface area contributed by atoms with E-state index in [1.165, 1.54) is 6.20 Å². The molecule has 0 aliphatic rings. The molecule has 1 aromatic heterocycles. The van der Waals surface area contributed by atoms with Crippen LogP contribution < -0.4 is 0 Å². The zero-order valence-corrected chi connectivity index (χ0v) is 11.7. The quantitative estimate of drug-likeness (QED) is 0.540. The van der Waals surface area contributed by atoms with E-state index in [0.717, 1.165) is 6.42 Å². The minimum absolute atomic E-state index is 0.283. The molecule has 0 unspecified atom stereocenters. The fourth-order valence-electron chi connectivity index (χ4n) is 1.60. The Morgan fingerprint density at radius 1 is 1.39 bits per heavy atom. The molecule has 0 spiro atoms. The number of hydrogen-bond acceptors (Lipinski definition) is 4. The van der Waals surface area contributed by atoms with Gasteiger partial charge in [0.1, 0.15) is 5.69 Å². The summed E-state index contributed by atoms with van der Waals surface area (Å²) >= 11 is 6.00. The number of aryl methyl sites for hydroxylation is 1. The predicted molar refractivity (Wildman–Crippen MR) is 68.9 cm³/mol. The van der Waals surface area contributed by atoms with E-state index in [-0.39, 0.29) is 5.78 Å². The van der Waals surface area contributed by atoms with E-state index in [1.807, 2.05) is 20.8 Å². The Morgan fingerprint density at radius 2 is 2.00 bits per heavy atom. The normalized spacial score (nSPS) is 11.2. The van der Waals surface area contributed by atoms with Gasteiger partial charge in [-0.1, -0.05) is 18.5 Å². The molecule has 0 radical (unpaired) electrons. The van der Waals surface area contributed by atoms with Gasteiger partial charge in [-0.3, -0.25) is 9.48 Å². The lowest BCUT2D eigenvalue weighted by molar-refractivity contribution is -0.107. The van der Waals surface area contributed by atoms with Gasteiger partial charge in [0.25, 0.3) is 0 Å². The van der Waals surface area contributed by atoms with Gasteiger partial charge in [-0.2, -0.15) is 5.10 Å². The minimum Gasteiger partial charge on any atom is -0.346 e. The Labute approximate surface area is 112 Å². The van der Waals surface area contributed by atoms with Gasteiger partial charge in [0.15, 0.2) is 0 Å². The highest BCUT2D eigenvalue weighted by molar-refractivity contribution is 6.33. The highest BCUT2D eigenvalue weighted by atomic mass is 35.5. The number of hydrogen-bond donors (Lipinski definition) is 0. The van der Waals surface area contributed by atoms with Crippen LogP contribution in [0.2, 0.25) is 5.02 Å². The number of rotatable bonds is 8. The molecule has 102 valence electrons. The maximum Gasteiger partial charge on any atom is 0.238 e. The van der Waals surface area contributed by atoms with Crippen LogP contribution in [0, 0.1) is 0 Å². The van der Waals surface area contributed by atoms with Crippen molar-refractivity contribution in [3.63, 3.8) is 0 Å². The van der Waals surface area contributed by atoms with Crippen molar-refractivity contribution in [1.82, 2.24) is 9.78 Å². The first-order chi connectivity index (χ1) is 8.65. The third kappa shape index (κ3) is 3.54. The van der Waals surface area contributed by atoms with Crippen molar-refractivity contribution >= 4 is 17.4 Å². The monoisotopic (exact) mass is 274 g/mol. The van der Waals surface area contributed by atoms with Gasteiger partial charge in [0.2, 0.25) is 12.1 Å². The van der Waals surface area contributed by atoms with E-state index in [1.54, 1.807) is 4.68 Å². The molecule has 18 heavy (non-hydrogen) atoms. The molecule has 0 atom stereocenters. The van der Waals surface area contributed by atoms with Crippen LogP contribution in [-0.4, -0.2) is 35.1 Å². The summed E-state index contributed by atoms with van der Waals surface area (Å²) < 4.78 is 12.2. The fraction of sp³-hybridized carbons (Fsp3) is 0.667. The lowest BCUT2D eigenvalue weighted by Gasteiger charge is -2.16. The molecule has 0 saturated carbocycles. The van der Waals surface area contributed by atoms with Crippen LogP contribution in [0.1, 0.15) is 37.7 Å². The third-order valence-corrected chi connectivity index (χ3v) is 2.59. The van der Waals surface area contributed by atoms with E-state index in [0.29, 0.717) is 30.5 Å². The number of halogens is 1. The van der Waals surface area contributed by atoms with E-state index in [2.05, 4.69) is 5.10 Å². The van der Waals surface area contributed by atoms with Crippen LogP contribution in [0.25, 0.3) is 0 Å². The van der Waals surface area contributed by atoms with Gasteiger partial charge in [0.05, 0.1) is 11.2 Å². The summed E-state index contributed by atoms with van der Waals surface area (Å²) in [6.07, 6.45) is 1.43. The Kier molecular flexibility index (Phi) is 6.32. The maximum absolute atomic E-state index is 12.3. The van der Waals surface area contributed by atoms with Crippen molar-refractivity contribution in [3.8, 4) is 0 Å². The maximum atomic E-state index is 12.3. The molecule has 0 bridgehead atoms. The number of ketones is 1. The molecule has 1 rings (SSSR count). The smallest absolute Gasteiger partial charge is 0.238 e. The van der Waals surface area contributed by atoms with E-state index >= 15 is 0 Å². The topological polar surface area (TPSA) is 53.4 Å². The van der Waals surface area contributed by atoms with Crippen molar-refractivity contribution in [3.05, 3.63) is 16.9 Å². The van der Waals surface area contributed by atoms with Crippen LogP contribution in [0.15, 0.2) is 6.20 Å². The predicted octanol–water partition coefficient (Wildman–Crippen LogP) is 2.53. The Hall–Kier alpha value is -0.910. The molecule has 0 aliphatic carbocycles. The Bertz CT molecular complexity index is 387. The molecular weight excluding hydrogens is 256 g/mol. The summed E-state index contributed by atoms with van der Waals surface area (Å²) in [5.41, 5.74) is 0.352. The van der Waals surface area contributed by atoms with Gasteiger partial charge in [-0.05, 0) is 20.3 Å². The number of carbonyl (C=O) groups is 1. The van der Waals surface area contributed by atoms with Gasteiger partial charge >= 0.3 is 0 Å². The summed E-state index contributed by atoms with van der Waals surface area (Å²) in [6.45, 7) is 7.06. The van der Waals surface area contributed by atoms with Crippen molar-refractivity contribution in [1.29, 1.82) is 0 Å². The van der Waals surface area contributed by atoms with Crippen molar-refractivity contribution in [2.75, 3.05) is 13.2 Å². The summed E-state index contributed by atoms with van der Waals surface area (Å²) in [6, 6.07) is 0. The number of carbonyl (C=O) groups excluding carboxylic acids is 1. The summed E-state index contributed by atoms with van der Waals surface area (Å²) in [7, 11) is 0. The van der Waals surface area contributed by atoms with Gasteiger partial charge < -0.3 is 9.47 Å². The van der Waals surface area contributed by atoms with Crippen LogP contribution in [0.5, 0.6) is 0 Å². The zero-order valence-electron chi connectivity index (χ0n) is 11.0. The zero-order chi connectivity index (χ0) is 13.5. The molecule has 1 aromatic rings. The number of aromatic nitrogens is 2. The molecule has 1 heterocycles. The van der Waals surface area contributed by atoms with E-state index < -0.39 is 6.29 Å². The first-order valence-electron chi connectivity index (χ1n) is 6.14. The molecule has 5 nitrogen and oxygen atoms in total. The number of ether oxygens (including phenoxy) is 2. The van der Waals surface area contributed by atoms with Gasteiger partial charge in [-0.25, -0.2) is 0 Å². The molecule has 0 aliphatic heterocycles. The van der Waals surface area contributed by atoms with E-state index in [4.69, 9.17) is 21.1 Å². The van der Waals surface area contributed by atoms with Crippen molar-refractivity contribution in [2.24, 2.45) is 0 Å². The fourth-order valence-corrected chi connectivity index (χ4v) is 1.84. The average Bonchev–Trinajstić information content (AvgIpc) is 2.70. The second-order valence-electron chi connectivity index (χ2n) is 3.67. The first kappa shape index (κ1) is 15.1. The van der Waals surface area contributed by atoms with Crippen molar-refractivity contribution < 1.29 is 14.3 Å². The largest absolute Gasteiger partial charge is 0.346 e. The lowest BCUT2D eigenvalue weighted by Crippen LogP contribution is -2.30. The third-order valence-electron chi connectivity index (χ3n) is 2.31. The SMILES string of the molecule is CCCn1ncc(Cl)c1C(=O)C(OCC)OCC. The second kappa shape index (κ2) is 7.51. The molecule has 6 heteroatoms. The number of Topliss-reactive ketones (excluding diaryl/α,β-unsaturated/α-hetero) is 1. The van der Waals surface area contributed by atoms with Gasteiger partial charge in [-0.15, -0.1) is 0 Å². The van der Waals surface area contributed by atoms with Crippen LogP contribution in [0.3, 0.4) is 0 Å². The standard InChI is InChI=1S/C12H19ClN2O3/c1-4-7-15-10(9(13)8-14-15)11(16)12(17-5-2)18-6-3/h8,12H,4-7H2,1-3H3. The second-order valence-corrected chi connectivity index (χ2v) is 4.08. The highest BCUT2D eigenvalue weighted by Crippen LogP contribution is 2.19. The molecular formula is C12H19ClN2O3. The summed E-state index contributed by atoms with van der Waals surface area (Å²) in [5, 5.41) is 4.41. The molecule has 0 N–H and O–H groups in total. The number of nitrogens with zero attached hydrogens (tertiary/aromatic N) is 2. The van der Waals surface area contributed by atoms with Gasteiger partial charge in [0, 0.05) is 19.8 Å². The molecule has 0 aromatic carbocycles. The Morgan fingerprint density at radius 3 is 2.50 bits per heavy atom. The molecule has 0 saturated heterocycles. The average molecular weight is 275 g/mol. The highest BCUT2D eigenvalue weighted by Gasteiger charge is 2.26. The summed E-state index contributed by atoms with van der Waals surface area (Å²) in [5.74, 6) is -0.283. The van der Waals surface area contributed by atoms with E-state index in [9.17, 15) is 4.79 Å². The summed E-state index contributed by atoms with van der Waals surface area (Å²) in [4.78, 5) is 12.3.